The van der Waals surface area contributed by atoms with Gasteiger partial charge in [-0.3, -0.25) is 0 Å². The summed E-state index contributed by atoms with van der Waals surface area (Å²) in [6, 6.07) is 16.9. The van der Waals surface area contributed by atoms with Gasteiger partial charge in [-0.15, -0.1) is 6.58 Å². The van der Waals surface area contributed by atoms with Gasteiger partial charge in [-0.1, -0.05) is 42.5 Å². The Morgan fingerprint density at radius 2 is 1.48 bits per heavy atom. The largest absolute Gasteiger partial charge is 0.452 e. The van der Waals surface area contributed by atoms with Crippen molar-refractivity contribution in [3.05, 3.63) is 84.4 Å². The first kappa shape index (κ1) is 22.7. The molecule has 3 rings (SSSR count). The van der Waals surface area contributed by atoms with E-state index in [1.165, 1.54) is 0 Å². The molecule has 2 aromatic rings. The van der Waals surface area contributed by atoms with Crippen LogP contribution in [0.3, 0.4) is 0 Å². The molecule has 31 heavy (non-hydrogen) atoms. The summed E-state index contributed by atoms with van der Waals surface area (Å²) >= 11 is 0. The van der Waals surface area contributed by atoms with Gasteiger partial charge in [0.1, 0.15) is 6.10 Å². The van der Waals surface area contributed by atoms with Crippen LogP contribution in [0.5, 0.6) is 0 Å². The first-order valence-corrected chi connectivity index (χ1v) is 10.1. The number of hydrogen-bond donors (Lipinski definition) is 1. The van der Waals surface area contributed by atoms with E-state index in [1.807, 2.05) is 0 Å². The number of benzene rings is 2. The number of carbonyl (C=O) groups excluding carboxylic acids is 2. The van der Waals surface area contributed by atoms with Gasteiger partial charge in [-0.05, 0) is 37.1 Å². The standard InChI is InChI=1S/C24H26O7/c1-2-3-10-15-28-24-21(31-23(27)18-13-8-5-9-14-18)20(19(16-25)29-24)30-22(26)17-11-6-4-7-12-17/h2,4-9,11-14,19-21,24-25H,1,3,10,15-16H2/t19-,20-,21+,24+/m1/s1. The topological polar surface area (TPSA) is 91.3 Å². The molecule has 1 aliphatic rings. The molecule has 0 aliphatic carbocycles. The van der Waals surface area contributed by atoms with Crippen molar-refractivity contribution in [3.63, 3.8) is 0 Å². The van der Waals surface area contributed by atoms with Crippen LogP contribution < -0.4 is 0 Å². The van der Waals surface area contributed by atoms with Gasteiger partial charge in [0.15, 0.2) is 18.5 Å². The summed E-state index contributed by atoms with van der Waals surface area (Å²) in [6.07, 6.45) is -0.741. The molecule has 1 heterocycles. The number of esters is 2. The lowest BCUT2D eigenvalue weighted by Crippen LogP contribution is -2.42. The molecular weight excluding hydrogens is 400 g/mol. The average Bonchev–Trinajstić information content (AvgIpc) is 3.13. The number of aliphatic hydroxyl groups excluding tert-OH is 1. The predicted molar refractivity (Wildman–Crippen MR) is 112 cm³/mol. The maximum absolute atomic E-state index is 12.7. The molecule has 1 saturated heterocycles. The van der Waals surface area contributed by atoms with E-state index in [2.05, 4.69) is 6.58 Å². The molecule has 0 unspecified atom stereocenters. The zero-order valence-corrected chi connectivity index (χ0v) is 17.1. The highest BCUT2D eigenvalue weighted by atomic mass is 16.7. The average molecular weight is 426 g/mol. The van der Waals surface area contributed by atoms with Gasteiger partial charge in [-0.2, -0.15) is 0 Å². The van der Waals surface area contributed by atoms with Crippen molar-refractivity contribution in [1.29, 1.82) is 0 Å². The third-order valence-corrected chi connectivity index (χ3v) is 4.79. The van der Waals surface area contributed by atoms with Gasteiger partial charge < -0.3 is 24.1 Å². The molecule has 1 N–H and O–H groups in total. The minimum absolute atomic E-state index is 0.327. The molecule has 0 aromatic heterocycles. The van der Waals surface area contributed by atoms with Gasteiger partial charge in [0.2, 0.25) is 0 Å². The number of ether oxygens (including phenoxy) is 4. The second-order valence-electron chi connectivity index (χ2n) is 7.00. The molecule has 7 nitrogen and oxygen atoms in total. The summed E-state index contributed by atoms with van der Waals surface area (Å²) in [7, 11) is 0. The van der Waals surface area contributed by atoms with Crippen LogP contribution in [0.4, 0.5) is 0 Å². The smallest absolute Gasteiger partial charge is 0.338 e. The van der Waals surface area contributed by atoms with E-state index >= 15 is 0 Å². The summed E-state index contributed by atoms with van der Waals surface area (Å²) in [6.45, 7) is 3.57. The van der Waals surface area contributed by atoms with Crippen LogP contribution in [0.15, 0.2) is 73.3 Å². The van der Waals surface area contributed by atoms with Gasteiger partial charge >= 0.3 is 11.9 Å². The number of hydrogen-bond acceptors (Lipinski definition) is 7. The van der Waals surface area contributed by atoms with Gasteiger partial charge in [0.25, 0.3) is 0 Å². The summed E-state index contributed by atoms with van der Waals surface area (Å²) in [4.78, 5) is 25.3. The SMILES string of the molecule is C=CCCCO[C@H]1O[C@H](CO)[C@@H](OC(=O)c2ccccc2)[C@@H]1OC(=O)c1ccccc1. The molecule has 1 aliphatic heterocycles. The molecule has 0 saturated carbocycles. The van der Waals surface area contributed by atoms with Crippen LogP contribution in [0.2, 0.25) is 0 Å². The summed E-state index contributed by atoms with van der Waals surface area (Å²) in [5.41, 5.74) is 0.677. The van der Waals surface area contributed by atoms with Gasteiger partial charge in [0.05, 0.1) is 24.3 Å². The highest BCUT2D eigenvalue weighted by molar-refractivity contribution is 5.90. The van der Waals surface area contributed by atoms with Crippen molar-refractivity contribution in [3.8, 4) is 0 Å². The van der Waals surface area contributed by atoms with Crippen LogP contribution in [-0.4, -0.2) is 54.9 Å². The lowest BCUT2D eigenvalue weighted by Gasteiger charge is -2.24. The second kappa shape index (κ2) is 11.4. The van der Waals surface area contributed by atoms with Crippen molar-refractivity contribution < 1.29 is 33.6 Å². The Morgan fingerprint density at radius 3 is 2.00 bits per heavy atom. The second-order valence-corrected chi connectivity index (χ2v) is 7.00. The number of carbonyl (C=O) groups is 2. The van der Waals surface area contributed by atoms with Crippen molar-refractivity contribution in [2.45, 2.75) is 37.4 Å². The van der Waals surface area contributed by atoms with Gasteiger partial charge in [0, 0.05) is 0 Å². The normalized spacial score (nSPS) is 22.6. The van der Waals surface area contributed by atoms with Crippen LogP contribution in [0, 0.1) is 0 Å². The maximum Gasteiger partial charge on any atom is 0.338 e. The minimum atomic E-state index is -1.04. The zero-order chi connectivity index (χ0) is 22.1. The molecular formula is C24H26O7. The summed E-state index contributed by atoms with van der Waals surface area (Å²) in [5.74, 6) is -1.21. The number of unbranched alkanes of at least 4 members (excludes halogenated alkanes) is 1. The Labute approximate surface area is 181 Å². The summed E-state index contributed by atoms with van der Waals surface area (Å²) < 4.78 is 22.8. The Kier molecular flexibility index (Phi) is 8.35. The Morgan fingerprint density at radius 1 is 0.935 bits per heavy atom. The van der Waals surface area contributed by atoms with E-state index in [4.69, 9.17) is 18.9 Å². The van der Waals surface area contributed by atoms with E-state index in [1.54, 1.807) is 66.7 Å². The Hall–Kier alpha value is -3.00. The maximum atomic E-state index is 12.7. The van der Waals surface area contributed by atoms with Crippen LogP contribution in [0.25, 0.3) is 0 Å². The van der Waals surface area contributed by atoms with Crippen LogP contribution in [0.1, 0.15) is 33.6 Å². The van der Waals surface area contributed by atoms with Gasteiger partial charge in [-0.25, -0.2) is 9.59 Å². The van der Waals surface area contributed by atoms with Crippen molar-refractivity contribution in [2.75, 3.05) is 13.2 Å². The molecule has 7 heteroatoms. The number of aliphatic hydroxyl groups is 1. The first-order valence-electron chi connectivity index (χ1n) is 10.1. The fourth-order valence-electron chi connectivity index (χ4n) is 3.20. The molecule has 164 valence electrons. The highest BCUT2D eigenvalue weighted by Gasteiger charge is 2.50. The summed E-state index contributed by atoms with van der Waals surface area (Å²) in [5, 5.41) is 9.79. The molecule has 2 aromatic carbocycles. The van der Waals surface area contributed by atoms with E-state index in [-0.39, 0.29) is 0 Å². The number of rotatable bonds is 10. The van der Waals surface area contributed by atoms with Crippen LogP contribution >= 0.6 is 0 Å². The number of allylic oxidation sites excluding steroid dienone is 1. The molecule has 0 radical (unpaired) electrons. The van der Waals surface area contributed by atoms with E-state index in [9.17, 15) is 14.7 Å². The Bertz CT molecular complexity index is 853. The molecule has 0 spiro atoms. The fraction of sp³-hybridized carbons (Fsp3) is 0.333. The predicted octanol–water partition coefficient (Wildman–Crippen LogP) is 3.14. The highest BCUT2D eigenvalue weighted by Crippen LogP contribution is 2.29. The van der Waals surface area contributed by atoms with Crippen molar-refractivity contribution in [2.24, 2.45) is 0 Å². The third kappa shape index (κ3) is 6.01. The fourth-order valence-corrected chi connectivity index (χ4v) is 3.20. The quantitative estimate of drug-likeness (QED) is 0.355. The lowest BCUT2D eigenvalue weighted by molar-refractivity contribution is -0.170. The van der Waals surface area contributed by atoms with Crippen molar-refractivity contribution in [1.82, 2.24) is 0 Å². The van der Waals surface area contributed by atoms with E-state index in [0.29, 0.717) is 24.2 Å². The molecule has 4 atom stereocenters. The lowest BCUT2D eigenvalue weighted by atomic mass is 10.1. The monoisotopic (exact) mass is 426 g/mol. The molecule has 0 amide bonds. The molecule has 0 bridgehead atoms. The zero-order valence-electron chi connectivity index (χ0n) is 17.1. The minimum Gasteiger partial charge on any atom is -0.452 e. The molecule has 1 fully saturated rings. The van der Waals surface area contributed by atoms with Crippen LogP contribution in [-0.2, 0) is 18.9 Å². The van der Waals surface area contributed by atoms with Crippen molar-refractivity contribution >= 4 is 11.9 Å². The van der Waals surface area contributed by atoms with E-state index in [0.717, 1.165) is 6.42 Å². The van der Waals surface area contributed by atoms with E-state index < -0.39 is 43.1 Å². The first-order chi connectivity index (χ1) is 15.1. The Balaban J connectivity index is 1.78. The third-order valence-electron chi connectivity index (χ3n) is 4.79.